The number of aromatic nitrogens is 2. The van der Waals surface area contributed by atoms with E-state index in [1.54, 1.807) is 7.11 Å². The van der Waals surface area contributed by atoms with E-state index in [2.05, 4.69) is 20.9 Å². The van der Waals surface area contributed by atoms with E-state index in [4.69, 9.17) is 4.74 Å². The lowest BCUT2D eigenvalue weighted by Crippen LogP contribution is -2.11. The van der Waals surface area contributed by atoms with E-state index in [9.17, 15) is 0 Å². The minimum Gasteiger partial charge on any atom is -0.496 e. The van der Waals surface area contributed by atoms with Crippen molar-refractivity contribution < 1.29 is 4.74 Å². The van der Waals surface area contributed by atoms with Crippen LogP contribution in [0.2, 0.25) is 0 Å². The fourth-order valence-corrected chi connectivity index (χ4v) is 1.95. The number of hydrogen-bond donors (Lipinski definition) is 1. The van der Waals surface area contributed by atoms with Crippen LogP contribution in [-0.2, 0) is 6.54 Å². The lowest BCUT2D eigenvalue weighted by molar-refractivity contribution is 0.412. The molecule has 1 aromatic carbocycles. The molecule has 1 heterocycles. The van der Waals surface area contributed by atoms with Crippen LogP contribution in [0.4, 0.5) is 5.69 Å². The normalized spacial score (nSPS) is 10.4. The maximum atomic E-state index is 5.24. The summed E-state index contributed by atoms with van der Waals surface area (Å²) in [5.41, 5.74) is 2.26. The summed E-state index contributed by atoms with van der Waals surface area (Å²) in [6.45, 7) is 5.85. The van der Waals surface area contributed by atoms with Gasteiger partial charge in [-0.05, 0) is 37.6 Å². The SMILES string of the molecule is COc1ccc(NCCn2ccnc2C)cc1C. The molecule has 1 aromatic heterocycles. The number of imidazole rings is 1. The van der Waals surface area contributed by atoms with Crippen molar-refractivity contribution in [2.75, 3.05) is 19.0 Å². The van der Waals surface area contributed by atoms with Crippen molar-refractivity contribution in [2.45, 2.75) is 20.4 Å². The third kappa shape index (κ3) is 2.83. The van der Waals surface area contributed by atoms with Crippen molar-refractivity contribution in [3.8, 4) is 5.75 Å². The lowest BCUT2D eigenvalue weighted by Gasteiger charge is -2.10. The summed E-state index contributed by atoms with van der Waals surface area (Å²) >= 11 is 0. The Balaban J connectivity index is 1.91. The van der Waals surface area contributed by atoms with E-state index in [0.717, 1.165) is 35.9 Å². The zero-order valence-electron chi connectivity index (χ0n) is 11.1. The van der Waals surface area contributed by atoms with Gasteiger partial charge in [-0.1, -0.05) is 0 Å². The number of nitrogens with one attached hydrogen (secondary N) is 1. The van der Waals surface area contributed by atoms with Crippen LogP contribution >= 0.6 is 0 Å². The van der Waals surface area contributed by atoms with Crippen LogP contribution in [0.25, 0.3) is 0 Å². The quantitative estimate of drug-likeness (QED) is 0.880. The molecule has 96 valence electrons. The Morgan fingerprint density at radius 3 is 2.78 bits per heavy atom. The molecular weight excluding hydrogens is 226 g/mol. The second-order valence-electron chi connectivity index (χ2n) is 4.28. The highest BCUT2D eigenvalue weighted by molar-refractivity contribution is 5.50. The predicted octanol–water partition coefficient (Wildman–Crippen LogP) is 2.62. The molecule has 0 saturated carbocycles. The number of ether oxygens (including phenoxy) is 1. The Bertz CT molecular complexity index is 520. The van der Waals surface area contributed by atoms with Gasteiger partial charge >= 0.3 is 0 Å². The number of methoxy groups -OCH3 is 1. The molecule has 1 N–H and O–H groups in total. The maximum Gasteiger partial charge on any atom is 0.121 e. The highest BCUT2D eigenvalue weighted by Gasteiger charge is 2.00. The van der Waals surface area contributed by atoms with E-state index >= 15 is 0 Å². The zero-order chi connectivity index (χ0) is 13.0. The van der Waals surface area contributed by atoms with Crippen molar-refractivity contribution >= 4 is 5.69 Å². The summed E-state index contributed by atoms with van der Waals surface area (Å²) in [4.78, 5) is 4.20. The fraction of sp³-hybridized carbons (Fsp3) is 0.357. The predicted molar refractivity (Wildman–Crippen MR) is 73.2 cm³/mol. The average molecular weight is 245 g/mol. The van der Waals surface area contributed by atoms with Crippen molar-refractivity contribution in [1.29, 1.82) is 0 Å². The number of anilines is 1. The molecule has 4 nitrogen and oxygen atoms in total. The van der Waals surface area contributed by atoms with Crippen LogP contribution in [0, 0.1) is 13.8 Å². The summed E-state index contributed by atoms with van der Waals surface area (Å²) in [5, 5.41) is 3.40. The third-order valence-corrected chi connectivity index (χ3v) is 3.00. The second kappa shape index (κ2) is 5.58. The molecule has 0 atom stereocenters. The zero-order valence-corrected chi connectivity index (χ0v) is 11.1. The summed E-state index contributed by atoms with van der Waals surface area (Å²) in [6.07, 6.45) is 3.82. The minimum absolute atomic E-state index is 0.878. The standard InChI is InChI=1S/C14H19N3O/c1-11-10-13(4-5-14(11)18-3)16-7-9-17-8-6-15-12(17)2/h4-6,8,10,16H,7,9H2,1-3H3. The molecule has 0 aliphatic heterocycles. The second-order valence-corrected chi connectivity index (χ2v) is 4.28. The molecule has 0 spiro atoms. The van der Waals surface area contributed by atoms with Crippen LogP contribution < -0.4 is 10.1 Å². The van der Waals surface area contributed by atoms with E-state index in [-0.39, 0.29) is 0 Å². The highest BCUT2D eigenvalue weighted by atomic mass is 16.5. The van der Waals surface area contributed by atoms with Crippen LogP contribution in [-0.4, -0.2) is 23.2 Å². The van der Waals surface area contributed by atoms with Crippen LogP contribution in [0.3, 0.4) is 0 Å². The fourth-order valence-electron chi connectivity index (χ4n) is 1.95. The molecule has 0 unspecified atom stereocenters. The van der Waals surface area contributed by atoms with Gasteiger partial charge in [0.05, 0.1) is 7.11 Å². The maximum absolute atomic E-state index is 5.24. The minimum atomic E-state index is 0.878. The molecule has 2 rings (SSSR count). The number of benzene rings is 1. The average Bonchev–Trinajstić information content (AvgIpc) is 2.75. The van der Waals surface area contributed by atoms with Gasteiger partial charge in [0.15, 0.2) is 0 Å². The Hall–Kier alpha value is -1.97. The Morgan fingerprint density at radius 1 is 1.33 bits per heavy atom. The number of hydrogen-bond acceptors (Lipinski definition) is 3. The van der Waals surface area contributed by atoms with E-state index in [1.165, 1.54) is 0 Å². The molecule has 0 bridgehead atoms. The van der Waals surface area contributed by atoms with Crippen molar-refractivity contribution in [2.24, 2.45) is 0 Å². The molecule has 0 fully saturated rings. The topological polar surface area (TPSA) is 39.1 Å². The smallest absolute Gasteiger partial charge is 0.121 e. The Labute approximate surface area is 108 Å². The highest BCUT2D eigenvalue weighted by Crippen LogP contribution is 2.21. The van der Waals surface area contributed by atoms with E-state index < -0.39 is 0 Å². The first-order valence-corrected chi connectivity index (χ1v) is 6.07. The molecule has 0 saturated heterocycles. The van der Waals surface area contributed by atoms with Crippen molar-refractivity contribution in [1.82, 2.24) is 9.55 Å². The van der Waals surface area contributed by atoms with Gasteiger partial charge in [-0.3, -0.25) is 0 Å². The largest absolute Gasteiger partial charge is 0.496 e. The first-order chi connectivity index (χ1) is 8.70. The van der Waals surface area contributed by atoms with Crippen LogP contribution in [0.5, 0.6) is 5.75 Å². The Kier molecular flexibility index (Phi) is 3.87. The summed E-state index contributed by atoms with van der Waals surface area (Å²) in [6, 6.07) is 6.12. The van der Waals surface area contributed by atoms with Gasteiger partial charge < -0.3 is 14.6 Å². The van der Waals surface area contributed by atoms with E-state index in [0.29, 0.717) is 0 Å². The monoisotopic (exact) mass is 245 g/mol. The lowest BCUT2D eigenvalue weighted by atomic mass is 10.2. The van der Waals surface area contributed by atoms with Crippen LogP contribution in [0.15, 0.2) is 30.6 Å². The van der Waals surface area contributed by atoms with Gasteiger partial charge in [0.25, 0.3) is 0 Å². The van der Waals surface area contributed by atoms with Gasteiger partial charge in [-0.2, -0.15) is 0 Å². The van der Waals surface area contributed by atoms with Crippen molar-refractivity contribution in [3.05, 3.63) is 42.0 Å². The molecule has 0 aliphatic carbocycles. The first-order valence-electron chi connectivity index (χ1n) is 6.07. The summed E-state index contributed by atoms with van der Waals surface area (Å²) in [7, 11) is 1.69. The summed E-state index contributed by atoms with van der Waals surface area (Å²) < 4.78 is 7.37. The number of rotatable bonds is 5. The van der Waals surface area contributed by atoms with Crippen LogP contribution in [0.1, 0.15) is 11.4 Å². The first kappa shape index (κ1) is 12.5. The molecule has 0 amide bonds. The number of aryl methyl sites for hydroxylation is 2. The molecule has 0 aliphatic rings. The van der Waals surface area contributed by atoms with Gasteiger partial charge in [-0.15, -0.1) is 0 Å². The molecule has 0 radical (unpaired) electrons. The van der Waals surface area contributed by atoms with E-state index in [1.807, 2.05) is 38.4 Å². The van der Waals surface area contributed by atoms with Gasteiger partial charge in [0, 0.05) is 31.2 Å². The van der Waals surface area contributed by atoms with Gasteiger partial charge in [-0.25, -0.2) is 4.98 Å². The Morgan fingerprint density at radius 2 is 2.17 bits per heavy atom. The molecule has 4 heteroatoms. The van der Waals surface area contributed by atoms with Gasteiger partial charge in [0.1, 0.15) is 11.6 Å². The van der Waals surface area contributed by atoms with Crippen molar-refractivity contribution in [3.63, 3.8) is 0 Å². The molecule has 18 heavy (non-hydrogen) atoms. The molecule has 2 aromatic rings. The summed E-state index contributed by atoms with van der Waals surface area (Å²) in [5.74, 6) is 1.97. The number of nitrogens with zero attached hydrogens (tertiary/aromatic N) is 2. The van der Waals surface area contributed by atoms with Gasteiger partial charge in [0.2, 0.25) is 0 Å². The molecular formula is C14H19N3O. The third-order valence-electron chi connectivity index (χ3n) is 3.00.